The zero-order valence-electron chi connectivity index (χ0n) is 7.63. The van der Waals surface area contributed by atoms with E-state index in [-0.39, 0.29) is 0 Å². The molecular formula is C11H10BrN. The van der Waals surface area contributed by atoms with Gasteiger partial charge in [-0.3, -0.25) is 0 Å². The topological polar surface area (TPSA) is 3.24 Å². The Morgan fingerprint density at radius 3 is 2.92 bits per heavy atom. The Morgan fingerprint density at radius 1 is 1.38 bits per heavy atom. The molecule has 0 N–H and O–H groups in total. The van der Waals surface area contributed by atoms with Crippen LogP contribution in [0.3, 0.4) is 0 Å². The third-order valence-corrected chi connectivity index (χ3v) is 2.78. The van der Waals surface area contributed by atoms with Gasteiger partial charge in [0.25, 0.3) is 0 Å². The molecule has 0 fully saturated rings. The lowest BCUT2D eigenvalue weighted by Gasteiger charge is -2.23. The number of hydrogen-bond acceptors (Lipinski definition) is 1. The molecule has 0 spiro atoms. The maximum absolute atomic E-state index is 3.45. The molecule has 0 radical (unpaired) electrons. The highest BCUT2D eigenvalue weighted by molar-refractivity contribution is 9.10. The Morgan fingerprint density at radius 2 is 2.15 bits per heavy atom. The smallest absolute Gasteiger partial charge is 0.0574 e. The van der Waals surface area contributed by atoms with Gasteiger partial charge in [0, 0.05) is 22.8 Å². The van der Waals surface area contributed by atoms with Crippen LogP contribution in [0.25, 0.3) is 6.08 Å². The van der Waals surface area contributed by atoms with E-state index >= 15 is 0 Å². The predicted molar refractivity (Wildman–Crippen MR) is 59.7 cm³/mol. The Kier molecular flexibility index (Phi) is 2.03. The van der Waals surface area contributed by atoms with Gasteiger partial charge in [-0.25, -0.2) is 0 Å². The van der Waals surface area contributed by atoms with E-state index in [1.54, 1.807) is 0 Å². The second kappa shape index (κ2) is 3.06. The first-order chi connectivity index (χ1) is 6.18. The van der Waals surface area contributed by atoms with Crippen LogP contribution in [0.5, 0.6) is 0 Å². The van der Waals surface area contributed by atoms with Gasteiger partial charge in [-0.1, -0.05) is 21.7 Å². The molecule has 0 atom stereocenters. The molecule has 66 valence electrons. The van der Waals surface area contributed by atoms with Crippen molar-refractivity contribution in [3.8, 4) is 0 Å². The standard InChI is InChI=1S/C11H10BrN/c1-8-3-4-9-7-10(12)5-6-11(9)13(8)2/h4-7H,1-2H3. The van der Waals surface area contributed by atoms with E-state index in [0.717, 1.165) is 10.2 Å². The average molecular weight is 236 g/mol. The second-order valence-corrected chi connectivity index (χ2v) is 4.05. The molecule has 0 amide bonds. The van der Waals surface area contributed by atoms with Crippen LogP contribution in [0.15, 0.2) is 34.1 Å². The van der Waals surface area contributed by atoms with Crippen molar-refractivity contribution in [2.24, 2.45) is 0 Å². The summed E-state index contributed by atoms with van der Waals surface area (Å²) in [5.74, 6) is 0. The van der Waals surface area contributed by atoms with Crippen LogP contribution in [0.1, 0.15) is 12.5 Å². The van der Waals surface area contributed by atoms with Crippen LogP contribution in [0, 0.1) is 0 Å². The molecule has 0 unspecified atom stereocenters. The molecule has 0 aliphatic carbocycles. The van der Waals surface area contributed by atoms with E-state index in [1.807, 2.05) is 6.08 Å². The molecule has 1 aromatic rings. The summed E-state index contributed by atoms with van der Waals surface area (Å²) in [6.07, 6.45) is 2.02. The lowest BCUT2D eigenvalue weighted by molar-refractivity contribution is 1.09. The maximum Gasteiger partial charge on any atom is 0.0574 e. The second-order valence-electron chi connectivity index (χ2n) is 3.14. The first-order valence-corrected chi connectivity index (χ1v) is 4.94. The van der Waals surface area contributed by atoms with E-state index in [9.17, 15) is 0 Å². The van der Waals surface area contributed by atoms with Crippen LogP contribution in [0.4, 0.5) is 5.69 Å². The number of rotatable bonds is 0. The molecule has 0 saturated heterocycles. The van der Waals surface area contributed by atoms with E-state index < -0.39 is 0 Å². The Hall–Kier alpha value is -0.980. The third kappa shape index (κ3) is 1.43. The number of fused-ring (bicyclic) bond motifs is 1. The van der Waals surface area contributed by atoms with E-state index in [1.165, 1.54) is 11.3 Å². The molecule has 13 heavy (non-hydrogen) atoms. The fraction of sp³-hybridized carbons (Fsp3) is 0.182. The predicted octanol–water partition coefficient (Wildman–Crippen LogP) is 3.41. The Labute approximate surface area is 86.5 Å². The van der Waals surface area contributed by atoms with Gasteiger partial charge in [-0.2, -0.15) is 0 Å². The number of halogens is 1. The Bertz CT molecular complexity index is 414. The van der Waals surface area contributed by atoms with Crippen molar-refractivity contribution >= 4 is 27.7 Å². The SMILES string of the molecule is CC1=C=Cc2cc(Br)ccc2N1C. The fourth-order valence-corrected chi connectivity index (χ4v) is 1.78. The van der Waals surface area contributed by atoms with Crippen molar-refractivity contribution in [3.63, 3.8) is 0 Å². The first kappa shape index (κ1) is 8.61. The largest absolute Gasteiger partial charge is 0.341 e. The fourth-order valence-electron chi connectivity index (χ4n) is 1.41. The minimum atomic E-state index is 1.11. The molecule has 0 saturated carbocycles. The number of hydrogen-bond donors (Lipinski definition) is 0. The number of nitrogens with zero attached hydrogens (tertiary/aromatic N) is 1. The average Bonchev–Trinajstić information content (AvgIpc) is 2.12. The molecular weight excluding hydrogens is 226 g/mol. The van der Waals surface area contributed by atoms with Crippen molar-refractivity contribution in [1.29, 1.82) is 0 Å². The summed E-state index contributed by atoms with van der Waals surface area (Å²) < 4.78 is 1.11. The van der Waals surface area contributed by atoms with Crippen molar-refractivity contribution in [3.05, 3.63) is 39.7 Å². The highest BCUT2D eigenvalue weighted by Crippen LogP contribution is 2.29. The van der Waals surface area contributed by atoms with E-state index in [0.29, 0.717) is 0 Å². The highest BCUT2D eigenvalue weighted by Gasteiger charge is 2.10. The van der Waals surface area contributed by atoms with Gasteiger partial charge < -0.3 is 4.90 Å². The summed E-state index contributed by atoms with van der Waals surface area (Å²) >= 11 is 3.45. The monoisotopic (exact) mass is 235 g/mol. The highest BCUT2D eigenvalue weighted by atomic mass is 79.9. The molecule has 0 aromatic heterocycles. The number of anilines is 1. The van der Waals surface area contributed by atoms with Crippen molar-refractivity contribution in [2.75, 3.05) is 11.9 Å². The van der Waals surface area contributed by atoms with Crippen LogP contribution in [0.2, 0.25) is 0 Å². The zero-order valence-corrected chi connectivity index (χ0v) is 9.22. The van der Waals surface area contributed by atoms with Crippen LogP contribution in [-0.2, 0) is 0 Å². The summed E-state index contributed by atoms with van der Waals surface area (Å²) in [7, 11) is 2.06. The molecule has 1 aromatic carbocycles. The molecule has 1 heterocycles. The van der Waals surface area contributed by atoms with Gasteiger partial charge in [0.1, 0.15) is 0 Å². The summed E-state index contributed by atoms with van der Waals surface area (Å²) in [5, 5.41) is 0. The van der Waals surface area contributed by atoms with Crippen molar-refractivity contribution in [1.82, 2.24) is 0 Å². The van der Waals surface area contributed by atoms with Crippen LogP contribution < -0.4 is 4.90 Å². The van der Waals surface area contributed by atoms with Gasteiger partial charge in [0.15, 0.2) is 0 Å². The number of benzene rings is 1. The molecule has 2 heteroatoms. The lowest BCUT2D eigenvalue weighted by Crippen LogP contribution is -2.16. The summed E-state index contributed by atoms with van der Waals surface area (Å²) in [4.78, 5) is 2.14. The Balaban J connectivity index is 2.64. The molecule has 1 nitrogen and oxygen atoms in total. The maximum atomic E-state index is 3.45. The van der Waals surface area contributed by atoms with Crippen molar-refractivity contribution in [2.45, 2.75) is 6.92 Å². The van der Waals surface area contributed by atoms with Gasteiger partial charge in [-0.05, 0) is 31.2 Å². The number of allylic oxidation sites excluding steroid dienone is 1. The summed E-state index contributed by atoms with van der Waals surface area (Å²) in [6.45, 7) is 2.06. The van der Waals surface area contributed by atoms with Gasteiger partial charge in [-0.15, -0.1) is 0 Å². The summed E-state index contributed by atoms with van der Waals surface area (Å²) in [5.41, 5.74) is 6.81. The van der Waals surface area contributed by atoms with Gasteiger partial charge >= 0.3 is 0 Å². The van der Waals surface area contributed by atoms with Crippen LogP contribution in [-0.4, -0.2) is 7.05 Å². The quantitative estimate of drug-likeness (QED) is 0.624. The zero-order chi connectivity index (χ0) is 9.42. The third-order valence-electron chi connectivity index (χ3n) is 2.29. The normalized spacial score (nSPS) is 14.1. The van der Waals surface area contributed by atoms with Crippen LogP contribution >= 0.6 is 15.9 Å². The lowest BCUT2D eigenvalue weighted by atomic mass is 10.1. The molecule has 1 aliphatic rings. The summed E-state index contributed by atoms with van der Waals surface area (Å²) in [6, 6.07) is 6.27. The minimum absolute atomic E-state index is 1.11. The molecule has 0 bridgehead atoms. The molecule has 1 aliphatic heterocycles. The molecule has 2 rings (SSSR count). The van der Waals surface area contributed by atoms with E-state index in [2.05, 4.69) is 58.7 Å². The first-order valence-electron chi connectivity index (χ1n) is 4.15. The van der Waals surface area contributed by atoms with Gasteiger partial charge in [0.2, 0.25) is 0 Å². The van der Waals surface area contributed by atoms with E-state index in [4.69, 9.17) is 0 Å². The van der Waals surface area contributed by atoms with Gasteiger partial charge in [0.05, 0.1) is 5.70 Å². The minimum Gasteiger partial charge on any atom is -0.341 e. The van der Waals surface area contributed by atoms with Crippen molar-refractivity contribution < 1.29 is 0 Å².